The number of fused-ring (bicyclic) bond motifs is 2. The van der Waals surface area contributed by atoms with Gasteiger partial charge in [0.2, 0.25) is 5.91 Å². The Morgan fingerprint density at radius 2 is 1.93 bits per heavy atom. The average Bonchev–Trinajstić information content (AvgIpc) is 3.33. The zero-order chi connectivity index (χ0) is 19.1. The lowest BCUT2D eigenvalue weighted by Gasteiger charge is -2.33. The number of piperidine rings is 1. The van der Waals surface area contributed by atoms with E-state index in [1.54, 1.807) is 6.33 Å². The largest absolute Gasteiger partial charge is 0.356 e. The summed E-state index contributed by atoms with van der Waals surface area (Å²) in [5.41, 5.74) is 3.37. The van der Waals surface area contributed by atoms with Crippen LogP contribution in [0.2, 0.25) is 0 Å². The van der Waals surface area contributed by atoms with Crippen molar-refractivity contribution in [3.05, 3.63) is 48.4 Å². The number of amides is 1. The standard InChI is InChI=1S/C22H25N5O/c1-25-10-9-18-21(25)23-15-24-22(18)26-11-6-16(7-12-26)14-20(28)27-13-8-17-4-2-3-5-19(17)27/h2-5,9-10,15-16H,6-8,11-14H2,1H3. The van der Waals surface area contributed by atoms with Gasteiger partial charge in [0.25, 0.3) is 0 Å². The van der Waals surface area contributed by atoms with Crippen LogP contribution in [0.5, 0.6) is 0 Å². The first-order valence-corrected chi connectivity index (χ1v) is 10.1. The molecule has 6 nitrogen and oxygen atoms in total. The summed E-state index contributed by atoms with van der Waals surface area (Å²) in [6.07, 6.45) is 7.35. The van der Waals surface area contributed by atoms with Crippen molar-refractivity contribution in [2.75, 3.05) is 29.4 Å². The summed E-state index contributed by atoms with van der Waals surface area (Å²) in [5, 5.41) is 1.10. The molecule has 1 amide bonds. The number of hydrogen-bond donors (Lipinski definition) is 0. The van der Waals surface area contributed by atoms with Crippen LogP contribution in [0.15, 0.2) is 42.9 Å². The predicted octanol–water partition coefficient (Wildman–Crippen LogP) is 3.16. The van der Waals surface area contributed by atoms with Gasteiger partial charge in [-0.05, 0) is 42.9 Å². The van der Waals surface area contributed by atoms with E-state index in [2.05, 4.69) is 39.1 Å². The van der Waals surface area contributed by atoms with E-state index in [4.69, 9.17) is 0 Å². The zero-order valence-corrected chi connectivity index (χ0v) is 16.2. The summed E-state index contributed by atoms with van der Waals surface area (Å²) in [5.74, 6) is 1.74. The zero-order valence-electron chi connectivity index (χ0n) is 16.2. The van der Waals surface area contributed by atoms with E-state index in [0.29, 0.717) is 12.3 Å². The third-order valence-electron chi connectivity index (χ3n) is 6.21. The fourth-order valence-corrected chi connectivity index (χ4v) is 4.62. The molecule has 2 aliphatic rings. The molecule has 0 N–H and O–H groups in total. The Kier molecular flexibility index (Phi) is 4.26. The van der Waals surface area contributed by atoms with Crippen molar-refractivity contribution in [2.24, 2.45) is 13.0 Å². The number of aryl methyl sites for hydroxylation is 1. The summed E-state index contributed by atoms with van der Waals surface area (Å²) in [6.45, 7) is 2.70. The Bertz CT molecular complexity index is 1020. The highest BCUT2D eigenvalue weighted by molar-refractivity contribution is 5.95. The number of para-hydroxylation sites is 1. The van der Waals surface area contributed by atoms with Crippen molar-refractivity contribution < 1.29 is 4.79 Å². The molecule has 0 unspecified atom stereocenters. The van der Waals surface area contributed by atoms with E-state index >= 15 is 0 Å². The molecule has 0 saturated carbocycles. The predicted molar refractivity (Wildman–Crippen MR) is 111 cm³/mol. The van der Waals surface area contributed by atoms with E-state index < -0.39 is 0 Å². The summed E-state index contributed by atoms with van der Waals surface area (Å²) < 4.78 is 2.03. The minimum absolute atomic E-state index is 0.274. The number of nitrogens with zero attached hydrogens (tertiary/aromatic N) is 5. The van der Waals surface area contributed by atoms with E-state index in [9.17, 15) is 4.79 Å². The molecule has 0 atom stereocenters. The third kappa shape index (κ3) is 2.93. The molecule has 0 bridgehead atoms. The summed E-state index contributed by atoms with van der Waals surface area (Å²) in [7, 11) is 2.01. The molecular formula is C22H25N5O. The van der Waals surface area contributed by atoms with Gasteiger partial charge < -0.3 is 14.4 Å². The molecule has 4 heterocycles. The van der Waals surface area contributed by atoms with Crippen LogP contribution in [0, 0.1) is 5.92 Å². The van der Waals surface area contributed by atoms with Crippen LogP contribution in [-0.4, -0.2) is 40.1 Å². The molecule has 1 saturated heterocycles. The number of carbonyl (C=O) groups is 1. The first-order chi connectivity index (χ1) is 13.7. The van der Waals surface area contributed by atoms with Gasteiger partial charge in [-0.2, -0.15) is 0 Å². The van der Waals surface area contributed by atoms with E-state index in [1.807, 2.05) is 28.8 Å². The molecule has 28 heavy (non-hydrogen) atoms. The Labute approximate surface area is 164 Å². The minimum Gasteiger partial charge on any atom is -0.356 e. The molecule has 0 aliphatic carbocycles. The number of anilines is 2. The smallest absolute Gasteiger partial charge is 0.227 e. The van der Waals surface area contributed by atoms with Gasteiger partial charge in [-0.1, -0.05) is 18.2 Å². The molecular weight excluding hydrogens is 350 g/mol. The average molecular weight is 375 g/mol. The van der Waals surface area contributed by atoms with Crippen molar-refractivity contribution in [3.8, 4) is 0 Å². The van der Waals surface area contributed by atoms with Gasteiger partial charge in [-0.25, -0.2) is 9.97 Å². The SMILES string of the molecule is Cn1ccc2c(N3CCC(CC(=O)N4CCc5ccccc54)CC3)ncnc21. The van der Waals surface area contributed by atoms with Crippen LogP contribution in [-0.2, 0) is 18.3 Å². The van der Waals surface area contributed by atoms with Gasteiger partial charge in [-0.3, -0.25) is 4.79 Å². The fourth-order valence-electron chi connectivity index (χ4n) is 4.62. The first-order valence-electron chi connectivity index (χ1n) is 10.1. The second-order valence-corrected chi connectivity index (χ2v) is 7.92. The van der Waals surface area contributed by atoms with Crippen LogP contribution in [0.4, 0.5) is 11.5 Å². The topological polar surface area (TPSA) is 54.3 Å². The first kappa shape index (κ1) is 17.2. The van der Waals surface area contributed by atoms with Crippen molar-refractivity contribution in [2.45, 2.75) is 25.7 Å². The fraction of sp³-hybridized carbons (Fsp3) is 0.409. The Balaban J connectivity index is 1.23. The van der Waals surface area contributed by atoms with Gasteiger partial charge in [0, 0.05) is 45.0 Å². The molecule has 144 valence electrons. The Morgan fingerprint density at radius 1 is 1.11 bits per heavy atom. The van der Waals surface area contributed by atoms with Crippen LogP contribution < -0.4 is 9.80 Å². The molecule has 5 rings (SSSR count). The minimum atomic E-state index is 0.274. The highest BCUT2D eigenvalue weighted by Gasteiger charge is 2.28. The van der Waals surface area contributed by atoms with Crippen molar-refractivity contribution in [1.82, 2.24) is 14.5 Å². The van der Waals surface area contributed by atoms with Gasteiger partial charge in [-0.15, -0.1) is 0 Å². The second kappa shape index (κ2) is 6.93. The molecule has 1 fully saturated rings. The lowest BCUT2D eigenvalue weighted by Crippen LogP contribution is -2.37. The van der Waals surface area contributed by atoms with E-state index in [-0.39, 0.29) is 5.91 Å². The summed E-state index contributed by atoms with van der Waals surface area (Å²) in [6, 6.07) is 10.4. The second-order valence-electron chi connectivity index (χ2n) is 7.92. The number of carbonyl (C=O) groups excluding carboxylic acids is 1. The van der Waals surface area contributed by atoms with Crippen LogP contribution >= 0.6 is 0 Å². The van der Waals surface area contributed by atoms with Gasteiger partial charge >= 0.3 is 0 Å². The number of benzene rings is 1. The van der Waals surface area contributed by atoms with Crippen molar-refractivity contribution >= 4 is 28.4 Å². The van der Waals surface area contributed by atoms with E-state index in [1.165, 1.54) is 5.56 Å². The Hall–Kier alpha value is -2.89. The maximum Gasteiger partial charge on any atom is 0.227 e. The number of aromatic nitrogens is 3. The lowest BCUT2D eigenvalue weighted by atomic mass is 9.93. The highest BCUT2D eigenvalue weighted by Crippen LogP contribution is 2.32. The quantitative estimate of drug-likeness (QED) is 0.706. The monoisotopic (exact) mass is 375 g/mol. The van der Waals surface area contributed by atoms with E-state index in [0.717, 1.165) is 61.4 Å². The molecule has 3 aromatic rings. The van der Waals surface area contributed by atoms with Crippen molar-refractivity contribution in [1.29, 1.82) is 0 Å². The van der Waals surface area contributed by atoms with Gasteiger partial charge in [0.15, 0.2) is 0 Å². The molecule has 1 aromatic carbocycles. The summed E-state index contributed by atoms with van der Waals surface area (Å²) >= 11 is 0. The van der Waals surface area contributed by atoms with Crippen LogP contribution in [0.25, 0.3) is 11.0 Å². The normalized spacial score (nSPS) is 17.3. The van der Waals surface area contributed by atoms with Crippen LogP contribution in [0.3, 0.4) is 0 Å². The Morgan fingerprint density at radius 3 is 2.79 bits per heavy atom. The highest BCUT2D eigenvalue weighted by atomic mass is 16.2. The van der Waals surface area contributed by atoms with Gasteiger partial charge in [0.1, 0.15) is 17.8 Å². The van der Waals surface area contributed by atoms with Crippen molar-refractivity contribution in [3.63, 3.8) is 0 Å². The number of hydrogen-bond acceptors (Lipinski definition) is 4. The lowest BCUT2D eigenvalue weighted by molar-refractivity contribution is -0.119. The summed E-state index contributed by atoms with van der Waals surface area (Å²) in [4.78, 5) is 26.2. The number of rotatable bonds is 3. The molecule has 2 aromatic heterocycles. The maximum absolute atomic E-state index is 12.9. The molecule has 6 heteroatoms. The van der Waals surface area contributed by atoms with Crippen LogP contribution in [0.1, 0.15) is 24.8 Å². The maximum atomic E-state index is 12.9. The van der Waals surface area contributed by atoms with Gasteiger partial charge in [0.05, 0.1) is 5.39 Å². The molecule has 0 radical (unpaired) electrons. The molecule has 0 spiro atoms. The third-order valence-corrected chi connectivity index (χ3v) is 6.21. The molecule has 2 aliphatic heterocycles.